The van der Waals surface area contributed by atoms with Crippen molar-refractivity contribution in [3.05, 3.63) is 48.4 Å². The van der Waals surface area contributed by atoms with E-state index in [9.17, 15) is 0 Å². The van der Waals surface area contributed by atoms with Gasteiger partial charge in [0.1, 0.15) is 0 Å². The Morgan fingerprint density at radius 2 is 1.91 bits per heavy atom. The number of benzene rings is 1. The van der Waals surface area contributed by atoms with E-state index in [1.807, 2.05) is 36.8 Å². The molecule has 0 spiro atoms. The Balaban J connectivity index is 2.50. The number of rotatable bonds is 3. The minimum Gasteiger partial charge on any atom is -0.330 e. The van der Waals surface area contributed by atoms with E-state index < -0.39 is 0 Å². The molecule has 11 heavy (non-hydrogen) atoms. The van der Waals surface area contributed by atoms with Gasteiger partial charge in [-0.2, -0.15) is 0 Å². The predicted octanol–water partition coefficient (Wildman–Crippen LogP) is 1.86. The third-order valence-electron chi connectivity index (χ3n) is 1.36. The molecule has 2 N–H and O–H groups in total. The largest absolute Gasteiger partial charge is 0.330 e. The van der Waals surface area contributed by atoms with Crippen LogP contribution in [0.15, 0.2) is 36.4 Å². The van der Waals surface area contributed by atoms with E-state index in [0.29, 0.717) is 6.54 Å². The maximum atomic E-state index is 5.29. The zero-order chi connectivity index (χ0) is 7.94. The lowest BCUT2D eigenvalue weighted by Gasteiger charge is -1.89. The van der Waals surface area contributed by atoms with Gasteiger partial charge in [0, 0.05) is 0 Å². The van der Waals surface area contributed by atoms with Crippen LogP contribution in [0.5, 0.6) is 0 Å². The van der Waals surface area contributed by atoms with Gasteiger partial charge in [-0.3, -0.25) is 0 Å². The summed E-state index contributed by atoms with van der Waals surface area (Å²) in [6.07, 6.45) is 5.93. The van der Waals surface area contributed by atoms with Crippen molar-refractivity contribution in [1.82, 2.24) is 0 Å². The highest BCUT2D eigenvalue weighted by Crippen LogP contribution is 2.00. The highest BCUT2D eigenvalue weighted by atomic mass is 14.5. The van der Waals surface area contributed by atoms with Gasteiger partial charge in [-0.25, -0.2) is 0 Å². The van der Waals surface area contributed by atoms with Gasteiger partial charge >= 0.3 is 0 Å². The van der Waals surface area contributed by atoms with Crippen LogP contribution in [-0.2, 0) is 0 Å². The number of nitrogens with two attached hydrogens (primary N) is 1. The first-order chi connectivity index (χ1) is 5.43. The van der Waals surface area contributed by atoms with Crippen LogP contribution in [0.1, 0.15) is 5.56 Å². The van der Waals surface area contributed by atoms with E-state index in [-0.39, 0.29) is 0 Å². The normalized spacial score (nSPS) is 10.6. The summed E-state index contributed by atoms with van der Waals surface area (Å²) in [5.74, 6) is 0. The quantitative estimate of drug-likeness (QED) is 0.692. The summed E-state index contributed by atoms with van der Waals surface area (Å²) in [5, 5.41) is 0. The fourth-order valence-corrected chi connectivity index (χ4v) is 0.822. The molecular weight excluding hydrogens is 134 g/mol. The first-order valence-electron chi connectivity index (χ1n) is 3.68. The molecule has 0 fully saturated rings. The first-order valence-corrected chi connectivity index (χ1v) is 3.68. The molecule has 1 aromatic carbocycles. The molecule has 0 amide bonds. The van der Waals surface area contributed by atoms with Crippen LogP contribution in [0.4, 0.5) is 0 Å². The van der Waals surface area contributed by atoms with E-state index in [2.05, 4.69) is 12.1 Å². The summed E-state index contributed by atoms with van der Waals surface area (Å²) in [4.78, 5) is 0. The lowest BCUT2D eigenvalue weighted by atomic mass is 10.2. The first kappa shape index (κ1) is 8.02. The van der Waals surface area contributed by atoms with Crippen molar-refractivity contribution < 1.29 is 0 Å². The average molecular weight is 146 g/mol. The molecule has 1 rings (SSSR count). The van der Waals surface area contributed by atoms with Crippen LogP contribution in [0.25, 0.3) is 6.08 Å². The van der Waals surface area contributed by atoms with Gasteiger partial charge in [0.25, 0.3) is 0 Å². The van der Waals surface area contributed by atoms with Gasteiger partial charge in [0.05, 0.1) is 0 Å². The summed E-state index contributed by atoms with van der Waals surface area (Å²) >= 11 is 0. The second kappa shape index (κ2) is 4.69. The fraction of sp³-hybridized carbons (Fsp3) is 0.100. The average Bonchev–Trinajstić information content (AvgIpc) is 2.07. The van der Waals surface area contributed by atoms with Crippen molar-refractivity contribution >= 4 is 6.08 Å². The Hall–Kier alpha value is -1.08. The standard InChI is InChI=1S/C10H12N/c11-9-5-4-8-10-6-2-1-3-7-10/h1-8H,9,11H2. The van der Waals surface area contributed by atoms with E-state index in [1.165, 1.54) is 5.56 Å². The molecule has 0 saturated heterocycles. The van der Waals surface area contributed by atoms with E-state index >= 15 is 0 Å². The predicted molar refractivity (Wildman–Crippen MR) is 48.8 cm³/mol. The molecule has 0 atom stereocenters. The van der Waals surface area contributed by atoms with Crippen molar-refractivity contribution in [2.24, 2.45) is 5.73 Å². The van der Waals surface area contributed by atoms with E-state index in [0.717, 1.165) is 0 Å². The molecule has 0 aliphatic heterocycles. The summed E-state index contributed by atoms with van der Waals surface area (Å²) < 4.78 is 0. The van der Waals surface area contributed by atoms with Gasteiger partial charge < -0.3 is 5.73 Å². The highest BCUT2D eigenvalue weighted by molar-refractivity contribution is 5.49. The van der Waals surface area contributed by atoms with Crippen LogP contribution >= 0.6 is 0 Å². The van der Waals surface area contributed by atoms with Crippen LogP contribution < -0.4 is 5.73 Å². The summed E-state index contributed by atoms with van der Waals surface area (Å²) in [6.45, 7) is 0.601. The van der Waals surface area contributed by atoms with Gasteiger partial charge in [-0.05, 0) is 18.5 Å². The molecule has 1 nitrogen and oxygen atoms in total. The Morgan fingerprint density at radius 1 is 1.18 bits per heavy atom. The second-order valence-electron chi connectivity index (χ2n) is 2.24. The Labute approximate surface area is 67.5 Å². The third-order valence-corrected chi connectivity index (χ3v) is 1.36. The van der Waals surface area contributed by atoms with Gasteiger partial charge in [-0.15, -0.1) is 0 Å². The van der Waals surface area contributed by atoms with Crippen LogP contribution in [0.2, 0.25) is 0 Å². The van der Waals surface area contributed by atoms with Crippen molar-refractivity contribution in [2.75, 3.05) is 6.54 Å². The van der Waals surface area contributed by atoms with Gasteiger partial charge in [-0.1, -0.05) is 42.5 Å². The minimum atomic E-state index is 0.601. The van der Waals surface area contributed by atoms with E-state index in [1.54, 1.807) is 0 Å². The van der Waals surface area contributed by atoms with Crippen LogP contribution in [0.3, 0.4) is 0 Å². The topological polar surface area (TPSA) is 26.0 Å². The van der Waals surface area contributed by atoms with Crippen molar-refractivity contribution in [1.29, 1.82) is 0 Å². The zero-order valence-electron chi connectivity index (χ0n) is 6.40. The lowest BCUT2D eigenvalue weighted by Crippen LogP contribution is -1.95. The Bertz CT molecular complexity index is 214. The molecule has 1 aromatic rings. The maximum Gasteiger partial charge on any atom is -0.000790 e. The molecular formula is C10H12N. The number of hydrogen-bond acceptors (Lipinski definition) is 1. The third kappa shape index (κ3) is 3.01. The second-order valence-corrected chi connectivity index (χ2v) is 2.24. The van der Waals surface area contributed by atoms with Crippen molar-refractivity contribution in [3.63, 3.8) is 0 Å². The number of hydrogen-bond donors (Lipinski definition) is 1. The lowest BCUT2D eigenvalue weighted by molar-refractivity contribution is 1.19. The molecule has 0 heterocycles. The molecule has 57 valence electrons. The summed E-state index contributed by atoms with van der Waals surface area (Å²) in [5.41, 5.74) is 6.49. The SMILES string of the molecule is NC[CH]C=Cc1ccccc1. The minimum absolute atomic E-state index is 0.601. The van der Waals surface area contributed by atoms with Crippen LogP contribution in [0, 0.1) is 6.42 Å². The maximum absolute atomic E-state index is 5.29. The van der Waals surface area contributed by atoms with Gasteiger partial charge in [0.15, 0.2) is 0 Å². The molecule has 0 aliphatic carbocycles. The monoisotopic (exact) mass is 146 g/mol. The fourth-order valence-electron chi connectivity index (χ4n) is 0.822. The molecule has 0 aromatic heterocycles. The Kier molecular flexibility index (Phi) is 3.42. The van der Waals surface area contributed by atoms with Crippen molar-refractivity contribution in [3.8, 4) is 0 Å². The summed E-state index contributed by atoms with van der Waals surface area (Å²) in [7, 11) is 0. The highest BCUT2D eigenvalue weighted by Gasteiger charge is 1.80. The van der Waals surface area contributed by atoms with Crippen LogP contribution in [-0.4, -0.2) is 6.54 Å². The zero-order valence-corrected chi connectivity index (χ0v) is 6.40. The Morgan fingerprint density at radius 3 is 2.55 bits per heavy atom. The molecule has 0 unspecified atom stereocenters. The summed E-state index contributed by atoms with van der Waals surface area (Å²) in [6, 6.07) is 10.1. The van der Waals surface area contributed by atoms with Crippen molar-refractivity contribution in [2.45, 2.75) is 0 Å². The smallest absolute Gasteiger partial charge is 0.000790 e. The molecule has 0 aliphatic rings. The molecule has 1 heteroatoms. The molecule has 0 bridgehead atoms. The molecule has 0 saturated carbocycles. The van der Waals surface area contributed by atoms with E-state index in [4.69, 9.17) is 5.73 Å². The van der Waals surface area contributed by atoms with Gasteiger partial charge in [0.2, 0.25) is 0 Å². The molecule has 1 radical (unpaired) electrons.